The normalized spacial score (nSPS) is 13.1. The zero-order chi connectivity index (χ0) is 40.0. The van der Waals surface area contributed by atoms with E-state index in [-0.39, 0.29) is 10.8 Å². The molecule has 8 aromatic rings. The highest BCUT2D eigenvalue weighted by Crippen LogP contribution is 2.63. The van der Waals surface area contributed by atoms with Crippen LogP contribution < -0.4 is 5.73 Å². The Hall–Kier alpha value is -6.77. The fourth-order valence-electron chi connectivity index (χ4n) is 8.83. The molecule has 0 unspecified atom stereocenters. The van der Waals surface area contributed by atoms with Crippen LogP contribution in [0.5, 0.6) is 0 Å². The quantitative estimate of drug-likeness (QED) is 0.135. The van der Waals surface area contributed by atoms with E-state index in [1.807, 2.05) is 48.5 Å². The molecular formula is C55H50N2. The van der Waals surface area contributed by atoms with Crippen LogP contribution in [0.25, 0.3) is 33.4 Å². The highest BCUT2D eigenvalue weighted by Gasteiger charge is 2.53. The van der Waals surface area contributed by atoms with Crippen molar-refractivity contribution in [2.24, 2.45) is 0 Å². The third-order valence-electron chi connectivity index (χ3n) is 11.3. The molecule has 8 aromatic carbocycles. The van der Waals surface area contributed by atoms with E-state index in [2.05, 4.69) is 186 Å². The van der Waals surface area contributed by atoms with Crippen molar-refractivity contribution >= 4 is 12.4 Å². The number of hydrogen-bond donors (Lipinski definition) is 2. The fourth-order valence-corrected chi connectivity index (χ4v) is 8.83. The zero-order valence-electron chi connectivity index (χ0n) is 33.3. The largest absolute Gasteiger partial charge is 0.399 e. The number of rotatable bonds is 2. The first kappa shape index (κ1) is 38.5. The summed E-state index contributed by atoms with van der Waals surface area (Å²) in [5.74, 6) is 0. The highest BCUT2D eigenvalue weighted by molar-refractivity contribution is 5.97. The number of nitrogens with two attached hydrogens (primary N) is 1. The summed E-state index contributed by atoms with van der Waals surface area (Å²) in [6.45, 7) is 11.5. The van der Waals surface area contributed by atoms with Crippen molar-refractivity contribution in [3.05, 3.63) is 245 Å². The second kappa shape index (κ2) is 16.5. The molecule has 0 fully saturated rings. The van der Waals surface area contributed by atoms with Crippen molar-refractivity contribution in [2.75, 3.05) is 5.73 Å². The molecule has 0 amide bonds. The maximum Gasteiger partial charge on any atom is 0.0719 e. The lowest BCUT2D eigenvalue weighted by Crippen LogP contribution is -2.40. The van der Waals surface area contributed by atoms with Crippen molar-refractivity contribution in [3.8, 4) is 33.4 Å². The molecule has 3 N–H and O–H groups in total. The monoisotopic (exact) mass is 738 g/mol. The summed E-state index contributed by atoms with van der Waals surface area (Å²) < 4.78 is 0. The van der Waals surface area contributed by atoms with Crippen LogP contribution in [0.15, 0.2) is 200 Å². The third-order valence-corrected chi connectivity index (χ3v) is 11.3. The lowest BCUT2D eigenvalue weighted by molar-refractivity contribution is 0.563. The van der Waals surface area contributed by atoms with Gasteiger partial charge in [-0.05, 0) is 106 Å². The van der Waals surface area contributed by atoms with Gasteiger partial charge in [0.1, 0.15) is 0 Å². The van der Waals surface area contributed by atoms with E-state index < -0.39 is 0 Å². The van der Waals surface area contributed by atoms with Gasteiger partial charge in [0.2, 0.25) is 0 Å². The van der Waals surface area contributed by atoms with E-state index in [0.29, 0.717) is 0 Å². The van der Waals surface area contributed by atoms with Crippen LogP contribution in [-0.2, 0) is 10.8 Å². The van der Waals surface area contributed by atoms with Crippen molar-refractivity contribution in [2.45, 2.75) is 38.5 Å². The summed E-state index contributed by atoms with van der Waals surface area (Å²) in [6.07, 6.45) is 0. The molecule has 0 atom stereocenters. The minimum atomic E-state index is -0.362. The minimum absolute atomic E-state index is 0.0874. The van der Waals surface area contributed by atoms with Crippen molar-refractivity contribution in [1.29, 1.82) is 5.41 Å². The summed E-state index contributed by atoms with van der Waals surface area (Å²) in [7, 11) is 0. The van der Waals surface area contributed by atoms with Crippen LogP contribution in [0.4, 0.5) is 5.69 Å². The molecule has 2 aliphatic rings. The van der Waals surface area contributed by atoms with Crippen LogP contribution in [0, 0.1) is 19.3 Å². The van der Waals surface area contributed by atoms with Gasteiger partial charge in [0.25, 0.3) is 0 Å². The van der Waals surface area contributed by atoms with Gasteiger partial charge in [-0.3, -0.25) is 0 Å². The van der Waals surface area contributed by atoms with Crippen molar-refractivity contribution in [1.82, 2.24) is 0 Å². The Morgan fingerprint density at radius 3 is 1.35 bits per heavy atom. The van der Waals surface area contributed by atoms with Crippen LogP contribution in [-0.4, -0.2) is 6.72 Å². The van der Waals surface area contributed by atoms with Gasteiger partial charge in [0, 0.05) is 11.1 Å². The summed E-state index contributed by atoms with van der Waals surface area (Å²) in [5.41, 5.74) is 24.5. The van der Waals surface area contributed by atoms with E-state index in [1.54, 1.807) is 0 Å². The Labute approximate surface area is 338 Å². The molecule has 0 aliphatic heterocycles. The lowest BCUT2D eigenvalue weighted by Gasteiger charge is -2.46. The second-order valence-corrected chi connectivity index (χ2v) is 15.3. The summed E-state index contributed by atoms with van der Waals surface area (Å²) in [5, 5.41) is 5.50. The number of anilines is 1. The Kier molecular flexibility index (Phi) is 11.2. The third kappa shape index (κ3) is 7.12. The van der Waals surface area contributed by atoms with E-state index in [4.69, 9.17) is 11.1 Å². The Balaban J connectivity index is 0.000000260. The van der Waals surface area contributed by atoms with Crippen LogP contribution >= 0.6 is 0 Å². The van der Waals surface area contributed by atoms with Gasteiger partial charge in [-0.2, -0.15) is 0 Å². The number of nitrogen functional groups attached to an aromatic ring is 1. The zero-order valence-corrected chi connectivity index (χ0v) is 33.3. The minimum Gasteiger partial charge on any atom is -0.399 e. The smallest absolute Gasteiger partial charge is 0.0719 e. The average molecular weight is 739 g/mol. The van der Waals surface area contributed by atoms with E-state index in [9.17, 15) is 0 Å². The standard InChI is InChI=1S/C41H32.C7H8.C6H7N.CH3N/c1-27-13-10-14-28(25-27)29-15-11-16-30(26-29)31-18-12-24-38-39(31)32-17-4-5-19-33(32)41(38)36-22-8-6-20-34(36)40(2,3)35-21-7-9-23-37(35)41;1-7-5-3-2-4-6-7;7-6-4-2-1-3-5-6;1-2/h4-26H,1-3H3;2-6H,1H3;1-5H,7H2;2H,1H2. The molecule has 2 aliphatic carbocycles. The van der Waals surface area contributed by atoms with E-state index >= 15 is 0 Å². The summed E-state index contributed by atoms with van der Waals surface area (Å²) in [6, 6.07) is 72.0. The Bertz CT molecular complexity index is 2530. The van der Waals surface area contributed by atoms with E-state index in [0.717, 1.165) is 5.69 Å². The molecule has 2 nitrogen and oxygen atoms in total. The predicted molar refractivity (Wildman–Crippen MR) is 243 cm³/mol. The number of nitrogens with one attached hydrogen (secondary N) is 1. The van der Waals surface area contributed by atoms with Crippen LogP contribution in [0.2, 0.25) is 0 Å². The average Bonchev–Trinajstić information content (AvgIpc) is 3.56. The van der Waals surface area contributed by atoms with Gasteiger partial charge < -0.3 is 11.1 Å². The Morgan fingerprint density at radius 1 is 0.386 bits per heavy atom. The number of fused-ring (bicyclic) bond motifs is 9. The first-order chi connectivity index (χ1) is 27.8. The molecule has 280 valence electrons. The molecule has 1 spiro atoms. The lowest BCUT2D eigenvalue weighted by atomic mass is 9.55. The number of hydrogen-bond acceptors (Lipinski definition) is 2. The second-order valence-electron chi connectivity index (χ2n) is 15.3. The summed E-state index contributed by atoms with van der Waals surface area (Å²) in [4.78, 5) is 0. The molecule has 2 heteroatoms. The first-order valence-corrected chi connectivity index (χ1v) is 19.6. The van der Waals surface area contributed by atoms with Gasteiger partial charge in [0.05, 0.1) is 5.41 Å². The van der Waals surface area contributed by atoms with Crippen LogP contribution in [0.1, 0.15) is 58.4 Å². The molecule has 0 saturated carbocycles. The molecule has 10 rings (SSSR count). The summed E-state index contributed by atoms with van der Waals surface area (Å²) >= 11 is 0. The molecule has 0 bridgehead atoms. The molecule has 0 heterocycles. The van der Waals surface area contributed by atoms with Gasteiger partial charge in [-0.1, -0.05) is 207 Å². The predicted octanol–water partition coefficient (Wildman–Crippen LogP) is 13.9. The van der Waals surface area contributed by atoms with Gasteiger partial charge >= 0.3 is 0 Å². The molecule has 0 radical (unpaired) electrons. The van der Waals surface area contributed by atoms with E-state index in [1.165, 1.54) is 77.9 Å². The first-order valence-electron chi connectivity index (χ1n) is 19.6. The number of aryl methyl sites for hydroxylation is 2. The maximum atomic E-state index is 5.50. The molecule has 57 heavy (non-hydrogen) atoms. The fraction of sp³-hybridized carbons (Fsp3) is 0.109. The number of benzene rings is 8. The Morgan fingerprint density at radius 2 is 0.807 bits per heavy atom. The SMILES string of the molecule is C=N.Cc1cccc(-c2cccc(-c3cccc4c3-c3ccccc3C43c4ccccc4C(C)(C)c4ccccc43)c2)c1.Cc1ccccc1.Nc1ccccc1. The topological polar surface area (TPSA) is 49.9 Å². The highest BCUT2D eigenvalue weighted by atomic mass is 14.5. The molecule has 0 aromatic heterocycles. The molecular weight excluding hydrogens is 689 g/mol. The van der Waals surface area contributed by atoms with Gasteiger partial charge in [-0.25, -0.2) is 0 Å². The van der Waals surface area contributed by atoms with Gasteiger partial charge in [0.15, 0.2) is 0 Å². The molecule has 0 saturated heterocycles. The van der Waals surface area contributed by atoms with Crippen molar-refractivity contribution in [3.63, 3.8) is 0 Å². The van der Waals surface area contributed by atoms with Crippen LogP contribution in [0.3, 0.4) is 0 Å². The van der Waals surface area contributed by atoms with Gasteiger partial charge in [-0.15, -0.1) is 0 Å². The maximum absolute atomic E-state index is 5.50. The van der Waals surface area contributed by atoms with Crippen molar-refractivity contribution < 1.29 is 0 Å². The number of para-hydroxylation sites is 1.